The second-order valence-corrected chi connectivity index (χ2v) is 5.88. The quantitative estimate of drug-likeness (QED) is 0.506. The van der Waals surface area contributed by atoms with Crippen molar-refractivity contribution in [1.82, 2.24) is 10.7 Å². The summed E-state index contributed by atoms with van der Waals surface area (Å²) >= 11 is 5.28. The number of nitrogens with one attached hydrogen (secondary N) is 3. The van der Waals surface area contributed by atoms with Crippen LogP contribution < -0.4 is 16.2 Å². The van der Waals surface area contributed by atoms with Gasteiger partial charge in [-0.05, 0) is 55.2 Å². The van der Waals surface area contributed by atoms with Crippen LogP contribution in [0, 0.1) is 5.92 Å². The van der Waals surface area contributed by atoms with E-state index in [1.54, 1.807) is 24.3 Å². The van der Waals surface area contributed by atoms with Crippen LogP contribution in [0.15, 0.2) is 24.3 Å². The van der Waals surface area contributed by atoms with Crippen LogP contribution in [0.5, 0.6) is 0 Å². The molecule has 0 saturated heterocycles. The van der Waals surface area contributed by atoms with Gasteiger partial charge < -0.3 is 10.4 Å². The smallest absolute Gasteiger partial charge is 0.335 e. The van der Waals surface area contributed by atoms with Crippen LogP contribution in [0.3, 0.4) is 0 Å². The fraction of sp³-hybridized carbons (Fsp3) is 0.467. The first-order valence-corrected chi connectivity index (χ1v) is 7.63. The van der Waals surface area contributed by atoms with Gasteiger partial charge in [-0.25, -0.2) is 4.79 Å². The van der Waals surface area contributed by atoms with Gasteiger partial charge in [-0.3, -0.25) is 10.9 Å². The maximum atomic E-state index is 10.8. The predicted molar refractivity (Wildman–Crippen MR) is 87.3 cm³/mol. The molecule has 2 rings (SSSR count). The van der Waals surface area contributed by atoms with Gasteiger partial charge in [0.05, 0.1) is 11.3 Å². The molecule has 114 valence electrons. The summed E-state index contributed by atoms with van der Waals surface area (Å²) in [5, 5.41) is 12.7. The Morgan fingerprint density at radius 3 is 2.52 bits per heavy atom. The number of hydrazine groups is 1. The number of carboxylic acid groups (broad SMARTS) is 1. The summed E-state index contributed by atoms with van der Waals surface area (Å²) in [5.74, 6) is -0.300. The summed E-state index contributed by atoms with van der Waals surface area (Å²) < 4.78 is 0. The minimum Gasteiger partial charge on any atom is -0.478 e. The molecule has 0 aromatic heterocycles. The lowest BCUT2D eigenvalue weighted by molar-refractivity contribution is 0.0697. The van der Waals surface area contributed by atoms with Gasteiger partial charge in [0.2, 0.25) is 0 Å². The first-order valence-electron chi connectivity index (χ1n) is 7.22. The SMILES string of the molecule is C[C@H]1CCCC[C@H]1NC(=S)NNc1ccc(C(=O)O)cc1. The third kappa shape index (κ3) is 4.60. The molecule has 0 heterocycles. The molecule has 0 bridgehead atoms. The molecule has 6 heteroatoms. The average Bonchev–Trinajstić information content (AvgIpc) is 2.48. The number of anilines is 1. The molecule has 1 aliphatic carbocycles. The molecule has 0 radical (unpaired) electrons. The molecule has 4 N–H and O–H groups in total. The van der Waals surface area contributed by atoms with Crippen molar-refractivity contribution >= 4 is 29.0 Å². The van der Waals surface area contributed by atoms with Gasteiger partial charge in [-0.2, -0.15) is 0 Å². The van der Waals surface area contributed by atoms with Crippen molar-refractivity contribution in [1.29, 1.82) is 0 Å². The fourth-order valence-corrected chi connectivity index (χ4v) is 2.76. The Morgan fingerprint density at radius 2 is 1.90 bits per heavy atom. The van der Waals surface area contributed by atoms with Crippen molar-refractivity contribution in [2.45, 2.75) is 38.6 Å². The third-order valence-electron chi connectivity index (χ3n) is 3.88. The zero-order valence-electron chi connectivity index (χ0n) is 12.1. The summed E-state index contributed by atoms with van der Waals surface area (Å²) in [6, 6.07) is 6.91. The Kier molecular flexibility index (Phi) is 5.38. The van der Waals surface area contributed by atoms with Gasteiger partial charge in [-0.1, -0.05) is 19.8 Å². The Balaban J connectivity index is 1.79. The summed E-state index contributed by atoms with van der Waals surface area (Å²) in [5.41, 5.74) is 6.93. The molecule has 21 heavy (non-hydrogen) atoms. The number of benzene rings is 1. The van der Waals surface area contributed by atoms with Crippen LogP contribution in [0.25, 0.3) is 0 Å². The van der Waals surface area contributed by atoms with E-state index in [9.17, 15) is 4.79 Å². The number of hydrogen-bond donors (Lipinski definition) is 4. The largest absolute Gasteiger partial charge is 0.478 e. The van der Waals surface area contributed by atoms with Crippen LogP contribution in [0.1, 0.15) is 43.0 Å². The molecule has 0 unspecified atom stereocenters. The van der Waals surface area contributed by atoms with Crippen LogP contribution in [0.4, 0.5) is 5.69 Å². The molecular formula is C15H21N3O2S. The highest BCUT2D eigenvalue weighted by Crippen LogP contribution is 2.23. The highest BCUT2D eigenvalue weighted by molar-refractivity contribution is 7.80. The maximum absolute atomic E-state index is 10.8. The molecule has 1 aromatic carbocycles. The molecule has 0 spiro atoms. The molecule has 1 saturated carbocycles. The van der Waals surface area contributed by atoms with Crippen molar-refractivity contribution in [3.8, 4) is 0 Å². The van der Waals surface area contributed by atoms with Crippen LogP contribution in [-0.4, -0.2) is 22.2 Å². The molecule has 0 aliphatic heterocycles. The van der Waals surface area contributed by atoms with Crippen molar-refractivity contribution in [3.63, 3.8) is 0 Å². The Bertz CT molecular complexity index is 504. The van der Waals surface area contributed by atoms with E-state index in [4.69, 9.17) is 17.3 Å². The van der Waals surface area contributed by atoms with Gasteiger partial charge in [0, 0.05) is 6.04 Å². The molecule has 0 amide bonds. The Morgan fingerprint density at radius 1 is 1.24 bits per heavy atom. The summed E-state index contributed by atoms with van der Waals surface area (Å²) in [4.78, 5) is 10.8. The fourth-order valence-electron chi connectivity index (χ4n) is 2.56. The number of hydrogen-bond acceptors (Lipinski definition) is 3. The number of carboxylic acids is 1. The van der Waals surface area contributed by atoms with Crippen molar-refractivity contribution in [2.24, 2.45) is 5.92 Å². The van der Waals surface area contributed by atoms with Gasteiger partial charge in [0.15, 0.2) is 5.11 Å². The van der Waals surface area contributed by atoms with E-state index in [2.05, 4.69) is 23.1 Å². The Labute approximate surface area is 130 Å². The second-order valence-electron chi connectivity index (χ2n) is 5.47. The van der Waals surface area contributed by atoms with Crippen LogP contribution in [0.2, 0.25) is 0 Å². The van der Waals surface area contributed by atoms with E-state index >= 15 is 0 Å². The molecule has 1 aromatic rings. The number of thiocarbonyl (C=S) groups is 1. The summed E-state index contributed by atoms with van der Waals surface area (Å²) in [7, 11) is 0. The zero-order chi connectivity index (χ0) is 15.2. The van der Waals surface area contributed by atoms with Crippen molar-refractivity contribution < 1.29 is 9.90 Å². The van der Waals surface area contributed by atoms with E-state index in [1.165, 1.54) is 19.3 Å². The standard InChI is InChI=1S/C15H21N3O2S/c1-10-4-2-3-5-13(10)16-15(21)18-17-12-8-6-11(7-9-12)14(19)20/h6-10,13,17H,2-5H2,1H3,(H,19,20)(H2,16,18,21)/t10-,13+/m0/s1. The predicted octanol–water partition coefficient (Wildman–Crippen LogP) is 2.75. The minimum atomic E-state index is -0.932. The topological polar surface area (TPSA) is 73.4 Å². The van der Waals surface area contributed by atoms with Gasteiger partial charge in [0.25, 0.3) is 0 Å². The van der Waals surface area contributed by atoms with Crippen molar-refractivity contribution in [3.05, 3.63) is 29.8 Å². The minimum absolute atomic E-state index is 0.261. The monoisotopic (exact) mass is 307 g/mol. The molecule has 1 fully saturated rings. The average molecular weight is 307 g/mol. The van der Waals surface area contributed by atoms with Gasteiger partial charge in [-0.15, -0.1) is 0 Å². The lowest BCUT2D eigenvalue weighted by Crippen LogP contribution is -2.47. The van der Waals surface area contributed by atoms with E-state index in [0.29, 0.717) is 17.1 Å². The molecule has 1 aliphatic rings. The normalized spacial score (nSPS) is 21.4. The van der Waals surface area contributed by atoms with Crippen LogP contribution in [-0.2, 0) is 0 Å². The first kappa shape index (κ1) is 15.6. The molecular weight excluding hydrogens is 286 g/mol. The maximum Gasteiger partial charge on any atom is 0.335 e. The second kappa shape index (κ2) is 7.26. The highest BCUT2D eigenvalue weighted by atomic mass is 32.1. The number of carbonyl (C=O) groups is 1. The first-order chi connectivity index (χ1) is 10.1. The zero-order valence-corrected chi connectivity index (χ0v) is 12.9. The lowest BCUT2D eigenvalue weighted by Gasteiger charge is -2.30. The van der Waals surface area contributed by atoms with Crippen molar-refractivity contribution in [2.75, 3.05) is 5.43 Å². The Hall–Kier alpha value is -1.82. The van der Waals surface area contributed by atoms with Crippen LogP contribution >= 0.6 is 12.2 Å². The van der Waals surface area contributed by atoms with Gasteiger partial charge in [0.1, 0.15) is 0 Å². The van der Waals surface area contributed by atoms with E-state index in [1.807, 2.05) is 0 Å². The number of aromatic carboxylic acids is 1. The molecule has 5 nitrogen and oxygen atoms in total. The van der Waals surface area contributed by atoms with E-state index in [-0.39, 0.29) is 5.56 Å². The van der Waals surface area contributed by atoms with E-state index < -0.39 is 5.97 Å². The summed E-state index contributed by atoms with van der Waals surface area (Å²) in [6.45, 7) is 2.25. The lowest BCUT2D eigenvalue weighted by atomic mass is 9.86. The van der Waals surface area contributed by atoms with Gasteiger partial charge >= 0.3 is 5.97 Å². The number of rotatable bonds is 4. The molecule has 2 atom stereocenters. The third-order valence-corrected chi connectivity index (χ3v) is 4.10. The summed E-state index contributed by atoms with van der Waals surface area (Å²) in [6.07, 6.45) is 4.93. The highest BCUT2D eigenvalue weighted by Gasteiger charge is 2.21. The van der Waals surface area contributed by atoms with E-state index in [0.717, 1.165) is 12.1 Å².